The highest BCUT2D eigenvalue weighted by Crippen LogP contribution is 2.35. The molecular weight excluding hydrogens is 192 g/mol. The van der Waals surface area contributed by atoms with E-state index in [4.69, 9.17) is 11.3 Å². The normalized spacial score (nSPS) is 35.3. The van der Waals surface area contributed by atoms with Crippen LogP contribution in [0, 0.1) is 24.2 Å². The highest BCUT2D eigenvalue weighted by Gasteiger charge is 2.42. The number of nitrogens with zero attached hydrogens (tertiary/aromatic N) is 2. The van der Waals surface area contributed by atoms with Crippen molar-refractivity contribution in [1.82, 2.24) is 4.90 Å². The van der Waals surface area contributed by atoms with Crippen LogP contribution in [-0.4, -0.2) is 43.1 Å². The van der Waals surface area contributed by atoms with E-state index in [-0.39, 0.29) is 6.10 Å². The van der Waals surface area contributed by atoms with Gasteiger partial charge < -0.3 is 9.74 Å². The maximum absolute atomic E-state index is 10.0. The summed E-state index contributed by atoms with van der Waals surface area (Å²) in [5, 5.41) is 3.54. The molecule has 15 heavy (non-hydrogen) atoms. The van der Waals surface area contributed by atoms with Crippen LogP contribution in [0.3, 0.4) is 0 Å². The number of terminal acetylenes is 1. The summed E-state index contributed by atoms with van der Waals surface area (Å²) in [5.41, 5.74) is 0. The van der Waals surface area contributed by atoms with Gasteiger partial charge in [0.15, 0.2) is 12.4 Å². The van der Waals surface area contributed by atoms with Crippen LogP contribution >= 0.6 is 0 Å². The SMILES string of the molecule is C#CC(ON=CC=O)C1CN2CCC1C2. The van der Waals surface area contributed by atoms with Gasteiger partial charge in [-0.3, -0.25) is 4.79 Å². The van der Waals surface area contributed by atoms with Crippen LogP contribution in [0.2, 0.25) is 0 Å². The molecule has 0 amide bonds. The fourth-order valence-corrected chi connectivity index (χ4v) is 2.53. The van der Waals surface area contributed by atoms with Crippen LogP contribution < -0.4 is 0 Å². The molecule has 2 heterocycles. The molecule has 0 aliphatic carbocycles. The van der Waals surface area contributed by atoms with Gasteiger partial charge in [0, 0.05) is 19.0 Å². The molecule has 0 aromatic carbocycles. The van der Waals surface area contributed by atoms with Gasteiger partial charge in [0.05, 0.1) is 0 Å². The van der Waals surface area contributed by atoms with Gasteiger partial charge in [-0.1, -0.05) is 11.1 Å². The molecule has 0 radical (unpaired) electrons. The second-order valence-corrected chi connectivity index (χ2v) is 4.06. The smallest absolute Gasteiger partial charge is 0.191 e. The molecule has 2 bridgehead atoms. The van der Waals surface area contributed by atoms with Gasteiger partial charge in [-0.2, -0.15) is 0 Å². The zero-order valence-electron chi connectivity index (χ0n) is 8.50. The van der Waals surface area contributed by atoms with Crippen LogP contribution in [0.1, 0.15) is 6.42 Å². The van der Waals surface area contributed by atoms with E-state index >= 15 is 0 Å². The Hall–Kier alpha value is -1.34. The lowest BCUT2D eigenvalue weighted by Gasteiger charge is -2.25. The van der Waals surface area contributed by atoms with Gasteiger partial charge in [-0.05, 0) is 18.9 Å². The van der Waals surface area contributed by atoms with E-state index in [1.807, 2.05) is 0 Å². The average molecular weight is 206 g/mol. The van der Waals surface area contributed by atoms with Gasteiger partial charge in [0.25, 0.3) is 0 Å². The van der Waals surface area contributed by atoms with E-state index < -0.39 is 0 Å². The number of aldehydes is 1. The predicted molar refractivity (Wildman–Crippen MR) is 56.3 cm³/mol. The number of rotatable bonds is 4. The van der Waals surface area contributed by atoms with E-state index in [1.54, 1.807) is 0 Å². The molecule has 4 nitrogen and oxygen atoms in total. The highest BCUT2D eigenvalue weighted by molar-refractivity contribution is 6.12. The van der Waals surface area contributed by atoms with Crippen molar-refractivity contribution in [2.75, 3.05) is 19.6 Å². The van der Waals surface area contributed by atoms with Crippen LogP contribution in [0.25, 0.3) is 0 Å². The van der Waals surface area contributed by atoms with Crippen LogP contribution in [0.5, 0.6) is 0 Å². The third-order valence-electron chi connectivity index (χ3n) is 3.23. The van der Waals surface area contributed by atoms with Gasteiger partial charge in [0.1, 0.15) is 6.21 Å². The summed E-state index contributed by atoms with van der Waals surface area (Å²) >= 11 is 0. The summed E-state index contributed by atoms with van der Waals surface area (Å²) in [7, 11) is 0. The highest BCUT2D eigenvalue weighted by atomic mass is 16.6. The molecule has 4 unspecified atom stereocenters. The second kappa shape index (κ2) is 4.45. The van der Waals surface area contributed by atoms with Gasteiger partial charge >= 0.3 is 0 Å². The minimum Gasteiger partial charge on any atom is -0.379 e. The van der Waals surface area contributed by atoms with E-state index in [0.29, 0.717) is 18.1 Å². The molecule has 0 saturated carbocycles. The van der Waals surface area contributed by atoms with Crippen molar-refractivity contribution < 1.29 is 9.63 Å². The molecule has 2 saturated heterocycles. The van der Waals surface area contributed by atoms with Gasteiger partial charge in [-0.25, -0.2) is 0 Å². The van der Waals surface area contributed by atoms with Gasteiger partial charge in [0.2, 0.25) is 0 Å². The molecule has 2 rings (SSSR count). The molecule has 2 aliphatic rings. The van der Waals surface area contributed by atoms with Crippen LogP contribution in [0.15, 0.2) is 5.16 Å². The van der Waals surface area contributed by atoms with Crippen molar-refractivity contribution in [3.05, 3.63) is 0 Å². The fourth-order valence-electron chi connectivity index (χ4n) is 2.53. The van der Waals surface area contributed by atoms with Crippen molar-refractivity contribution in [1.29, 1.82) is 0 Å². The quantitative estimate of drug-likeness (QED) is 0.284. The Morgan fingerprint density at radius 1 is 1.60 bits per heavy atom. The third-order valence-corrected chi connectivity index (χ3v) is 3.23. The van der Waals surface area contributed by atoms with Crippen molar-refractivity contribution in [3.63, 3.8) is 0 Å². The van der Waals surface area contributed by atoms with E-state index in [1.165, 1.54) is 13.0 Å². The maximum atomic E-state index is 10.0. The summed E-state index contributed by atoms with van der Waals surface area (Å²) in [4.78, 5) is 17.6. The zero-order chi connectivity index (χ0) is 10.7. The molecule has 2 aliphatic heterocycles. The largest absolute Gasteiger partial charge is 0.379 e. The first-order valence-electron chi connectivity index (χ1n) is 5.16. The molecule has 0 aromatic heterocycles. The number of hydrogen-bond donors (Lipinski definition) is 0. The summed E-state index contributed by atoms with van der Waals surface area (Å²) in [6.45, 7) is 3.30. The third kappa shape index (κ3) is 2.02. The number of carbonyl (C=O) groups is 1. The molecule has 4 atom stereocenters. The van der Waals surface area contributed by atoms with Crippen molar-refractivity contribution in [2.24, 2.45) is 17.0 Å². The number of hydrogen-bond acceptors (Lipinski definition) is 4. The van der Waals surface area contributed by atoms with E-state index in [2.05, 4.69) is 16.0 Å². The Labute approximate surface area is 89.3 Å². The Kier molecular flexibility index (Phi) is 3.02. The topological polar surface area (TPSA) is 41.9 Å². The summed E-state index contributed by atoms with van der Waals surface area (Å²) in [6, 6.07) is 0. The first-order chi connectivity index (χ1) is 7.35. The minimum absolute atomic E-state index is 0.295. The average Bonchev–Trinajstić information content (AvgIpc) is 2.86. The molecule has 0 spiro atoms. The molecule has 0 N–H and O–H groups in total. The summed E-state index contributed by atoms with van der Waals surface area (Å²) in [5.74, 6) is 3.61. The fraction of sp³-hybridized carbons (Fsp3) is 0.636. The first kappa shape index (κ1) is 10.2. The number of oxime groups is 1. The monoisotopic (exact) mass is 206 g/mol. The van der Waals surface area contributed by atoms with E-state index in [0.717, 1.165) is 19.3 Å². The Morgan fingerprint density at radius 2 is 2.47 bits per heavy atom. The molecule has 4 heteroatoms. The lowest BCUT2D eigenvalue weighted by atomic mass is 9.88. The number of fused-ring (bicyclic) bond motifs is 2. The Balaban J connectivity index is 1.93. The Bertz CT molecular complexity index is 308. The maximum Gasteiger partial charge on any atom is 0.191 e. The predicted octanol–water partition coefficient (Wildman–Crippen LogP) is 0.141. The van der Waals surface area contributed by atoms with Gasteiger partial charge in [-0.15, -0.1) is 6.42 Å². The molecule has 2 fully saturated rings. The van der Waals surface area contributed by atoms with Crippen LogP contribution in [-0.2, 0) is 9.63 Å². The number of carbonyl (C=O) groups excluding carboxylic acids is 1. The summed E-state index contributed by atoms with van der Waals surface area (Å²) in [6.07, 6.45) is 7.98. The standard InChI is InChI=1S/C11H14N2O2/c1-2-11(15-12-4-6-14)10-8-13-5-3-9(10)7-13/h1,4,6,9-11H,3,5,7-8H2. The van der Waals surface area contributed by atoms with E-state index in [9.17, 15) is 4.79 Å². The van der Waals surface area contributed by atoms with Crippen molar-refractivity contribution >= 4 is 12.5 Å². The van der Waals surface area contributed by atoms with Crippen LogP contribution in [0.4, 0.5) is 0 Å². The first-order valence-corrected chi connectivity index (χ1v) is 5.16. The van der Waals surface area contributed by atoms with Crippen molar-refractivity contribution in [3.8, 4) is 12.3 Å². The minimum atomic E-state index is -0.295. The molecule has 0 aromatic rings. The zero-order valence-corrected chi connectivity index (χ0v) is 8.50. The van der Waals surface area contributed by atoms with Crippen molar-refractivity contribution in [2.45, 2.75) is 12.5 Å². The summed E-state index contributed by atoms with van der Waals surface area (Å²) < 4.78 is 0. The Morgan fingerprint density at radius 3 is 3.00 bits per heavy atom. The molecular formula is C11H14N2O2. The number of piperidine rings is 1. The second-order valence-electron chi connectivity index (χ2n) is 4.06. The molecule has 80 valence electrons. The lowest BCUT2D eigenvalue weighted by Crippen LogP contribution is -2.32. The lowest BCUT2D eigenvalue weighted by molar-refractivity contribution is -0.102.